The molecule has 1 aliphatic heterocycles. The average Bonchev–Trinajstić information content (AvgIpc) is 2.99. The zero-order valence-corrected chi connectivity index (χ0v) is 25.9. The Morgan fingerprint density at radius 3 is 2.20 bits per heavy atom. The summed E-state index contributed by atoms with van der Waals surface area (Å²) in [6.45, 7) is 5.62. The summed E-state index contributed by atoms with van der Waals surface area (Å²) in [5.41, 5.74) is 0.111. The fraction of sp³-hybridized carbons (Fsp3) is 0.424. The molecular weight excluding hydrogens is 620 g/mol. The van der Waals surface area contributed by atoms with Gasteiger partial charge in [0.25, 0.3) is 0 Å². The molecule has 0 amide bonds. The Hall–Kier alpha value is -3.38. The Kier molecular flexibility index (Phi) is 10.4. The normalized spacial score (nSPS) is 17.3. The molecule has 2 atom stereocenters. The lowest BCUT2D eigenvalue weighted by Gasteiger charge is -2.33. The Balaban J connectivity index is 1.79. The first kappa shape index (κ1) is 34.5. The highest BCUT2D eigenvalue weighted by atomic mass is 32.2. The number of sulfonamides is 1. The molecule has 0 bridgehead atoms. The van der Waals surface area contributed by atoms with Crippen LogP contribution in [0.5, 0.6) is 0 Å². The van der Waals surface area contributed by atoms with Crippen molar-refractivity contribution in [1.29, 1.82) is 0 Å². The molecule has 2 unspecified atom stereocenters. The Morgan fingerprint density at radius 1 is 0.933 bits per heavy atom. The van der Waals surface area contributed by atoms with E-state index in [4.69, 9.17) is 4.74 Å². The van der Waals surface area contributed by atoms with Crippen LogP contribution >= 0.6 is 0 Å². The predicted octanol–water partition coefficient (Wildman–Crippen LogP) is 8.65. The van der Waals surface area contributed by atoms with Crippen LogP contribution in [-0.2, 0) is 31.9 Å². The van der Waals surface area contributed by atoms with Crippen LogP contribution in [0.15, 0.2) is 71.6 Å². The highest BCUT2D eigenvalue weighted by Crippen LogP contribution is 2.40. The number of rotatable bonds is 9. The van der Waals surface area contributed by atoms with E-state index in [1.54, 1.807) is 25.1 Å². The fourth-order valence-electron chi connectivity index (χ4n) is 5.71. The monoisotopic (exact) mass is 655 g/mol. The first-order valence-corrected chi connectivity index (χ1v) is 16.1. The van der Waals surface area contributed by atoms with Crippen LogP contribution in [-0.4, -0.2) is 38.4 Å². The highest BCUT2D eigenvalue weighted by Gasteiger charge is 2.40. The van der Waals surface area contributed by atoms with E-state index in [2.05, 4.69) is 0 Å². The quantitative estimate of drug-likeness (QED) is 0.171. The van der Waals surface area contributed by atoms with Crippen molar-refractivity contribution in [3.63, 3.8) is 0 Å². The number of esters is 1. The minimum Gasteiger partial charge on any atom is -0.466 e. The molecule has 0 radical (unpaired) electrons. The van der Waals surface area contributed by atoms with Crippen LogP contribution in [0.25, 0.3) is 11.1 Å². The molecule has 45 heavy (non-hydrogen) atoms. The van der Waals surface area contributed by atoms with E-state index in [9.17, 15) is 39.6 Å². The summed E-state index contributed by atoms with van der Waals surface area (Å²) in [7, 11) is -4.53. The second kappa shape index (κ2) is 13.5. The summed E-state index contributed by atoms with van der Waals surface area (Å²) in [5.74, 6) is -1.53. The maximum Gasteiger partial charge on any atom is 0.417 e. The van der Waals surface area contributed by atoms with Crippen molar-refractivity contribution in [1.82, 2.24) is 4.31 Å². The summed E-state index contributed by atoms with van der Waals surface area (Å²) in [6, 6.07) is 13.9. The lowest BCUT2D eigenvalue weighted by Crippen LogP contribution is -2.39. The van der Waals surface area contributed by atoms with Crippen molar-refractivity contribution in [2.75, 3.05) is 19.7 Å². The molecule has 5 nitrogen and oxygen atoms in total. The molecule has 0 spiro atoms. The van der Waals surface area contributed by atoms with Crippen LogP contribution in [0.4, 0.5) is 26.3 Å². The number of benzene rings is 3. The Bertz CT molecular complexity index is 1600. The van der Waals surface area contributed by atoms with Gasteiger partial charge in [-0.15, -0.1) is 0 Å². The molecule has 12 heteroatoms. The number of hydrogen-bond acceptors (Lipinski definition) is 4. The first-order chi connectivity index (χ1) is 21.0. The number of nitrogens with zero attached hydrogens (tertiary/aromatic N) is 1. The van der Waals surface area contributed by atoms with Gasteiger partial charge in [-0.3, -0.25) is 4.79 Å². The Labute approximate surface area is 259 Å². The van der Waals surface area contributed by atoms with E-state index in [0.29, 0.717) is 41.5 Å². The van der Waals surface area contributed by atoms with E-state index in [1.807, 2.05) is 13.8 Å². The maximum atomic E-state index is 13.7. The smallest absolute Gasteiger partial charge is 0.417 e. The van der Waals surface area contributed by atoms with Crippen molar-refractivity contribution in [3.8, 4) is 11.1 Å². The molecule has 0 N–H and O–H groups in total. The zero-order valence-electron chi connectivity index (χ0n) is 25.1. The van der Waals surface area contributed by atoms with Gasteiger partial charge < -0.3 is 4.74 Å². The van der Waals surface area contributed by atoms with E-state index in [1.165, 1.54) is 18.2 Å². The highest BCUT2D eigenvalue weighted by molar-refractivity contribution is 7.89. The topological polar surface area (TPSA) is 63.7 Å². The second-order valence-corrected chi connectivity index (χ2v) is 13.5. The zero-order chi connectivity index (χ0) is 33.2. The fourth-order valence-corrected chi connectivity index (χ4v) is 7.45. The number of alkyl halides is 6. The molecule has 4 rings (SSSR count). The average molecular weight is 656 g/mol. The van der Waals surface area contributed by atoms with Gasteiger partial charge in [0.2, 0.25) is 10.0 Å². The minimum absolute atomic E-state index is 0.0231. The van der Waals surface area contributed by atoms with Crippen molar-refractivity contribution in [3.05, 3.63) is 89.0 Å². The summed E-state index contributed by atoms with van der Waals surface area (Å²) in [4.78, 5) is 12.3. The molecule has 3 aromatic rings. The van der Waals surface area contributed by atoms with Crippen LogP contribution in [0.2, 0.25) is 0 Å². The lowest BCUT2D eigenvalue weighted by atomic mass is 9.83. The largest absolute Gasteiger partial charge is 0.466 e. The van der Waals surface area contributed by atoms with Gasteiger partial charge >= 0.3 is 18.3 Å². The molecule has 3 aromatic carbocycles. The summed E-state index contributed by atoms with van der Waals surface area (Å²) >= 11 is 0. The van der Waals surface area contributed by atoms with Gasteiger partial charge in [0.05, 0.1) is 28.5 Å². The first-order valence-electron chi connectivity index (χ1n) is 14.7. The second-order valence-electron chi connectivity index (χ2n) is 11.6. The molecule has 0 aliphatic carbocycles. The van der Waals surface area contributed by atoms with E-state index in [-0.39, 0.29) is 25.6 Å². The van der Waals surface area contributed by atoms with Crippen molar-refractivity contribution in [2.45, 2.75) is 69.1 Å². The van der Waals surface area contributed by atoms with Crippen LogP contribution in [0, 0.1) is 5.92 Å². The summed E-state index contributed by atoms with van der Waals surface area (Å²) in [6.07, 6.45) is -8.10. The van der Waals surface area contributed by atoms with Gasteiger partial charge in [-0.1, -0.05) is 56.3 Å². The molecule has 0 saturated carbocycles. The molecule has 1 fully saturated rings. The minimum atomic E-state index is -4.87. The third-order valence-corrected chi connectivity index (χ3v) is 9.79. The van der Waals surface area contributed by atoms with E-state index in [0.717, 1.165) is 34.6 Å². The SMILES string of the molecule is CCOC(=O)C(CC(C)C)c1cc(-c2ccc(C(F)(F)F)cc2)cc(C2CCCN(S(=O)(=O)c3ccccc3C(F)(F)F)C2)c1. The number of carbonyl (C=O) groups is 1. The molecule has 1 heterocycles. The van der Waals surface area contributed by atoms with Crippen molar-refractivity contribution < 1.29 is 44.3 Å². The van der Waals surface area contributed by atoms with Crippen molar-refractivity contribution >= 4 is 16.0 Å². The lowest BCUT2D eigenvalue weighted by molar-refractivity contribution is -0.145. The van der Waals surface area contributed by atoms with Crippen LogP contribution < -0.4 is 0 Å². The summed E-state index contributed by atoms with van der Waals surface area (Å²) < 4.78 is 114. The Morgan fingerprint density at radius 2 is 1.60 bits per heavy atom. The maximum absolute atomic E-state index is 13.7. The molecule has 1 aliphatic rings. The van der Waals surface area contributed by atoms with Gasteiger partial charge in [0.15, 0.2) is 0 Å². The number of ether oxygens (including phenoxy) is 1. The summed E-state index contributed by atoms with van der Waals surface area (Å²) in [5, 5.41) is 0. The van der Waals surface area contributed by atoms with E-state index >= 15 is 0 Å². The standard InChI is InChI=1S/C33H35F6NO4S/c1-4-44-31(41)28(16-21(2)3)26-18-24(22-11-13-27(14-12-22)32(34,35)36)17-25(19-26)23-8-7-15-40(20-23)45(42,43)30-10-6-5-9-29(30)33(37,38)39/h5-6,9-14,17-19,21,23,28H,4,7-8,15-16,20H2,1-3H3. The number of carbonyl (C=O) groups excluding carboxylic acids is 1. The molecule has 0 aromatic heterocycles. The number of hydrogen-bond donors (Lipinski definition) is 0. The van der Waals surface area contributed by atoms with Gasteiger partial charge in [-0.2, -0.15) is 30.6 Å². The van der Waals surface area contributed by atoms with Crippen LogP contribution in [0.1, 0.15) is 74.1 Å². The molecular formula is C33H35F6NO4S. The van der Waals surface area contributed by atoms with Crippen LogP contribution in [0.3, 0.4) is 0 Å². The van der Waals surface area contributed by atoms with E-state index < -0.39 is 56.2 Å². The van der Waals surface area contributed by atoms with Crippen molar-refractivity contribution in [2.24, 2.45) is 5.92 Å². The third kappa shape index (κ3) is 8.07. The number of halogens is 6. The van der Waals surface area contributed by atoms with Gasteiger partial charge in [0, 0.05) is 13.1 Å². The van der Waals surface area contributed by atoms with Gasteiger partial charge in [-0.05, 0) is 84.5 Å². The molecule has 1 saturated heterocycles. The van der Waals surface area contributed by atoms with Gasteiger partial charge in [-0.25, -0.2) is 8.42 Å². The third-order valence-electron chi connectivity index (χ3n) is 7.87. The predicted molar refractivity (Wildman–Crippen MR) is 158 cm³/mol. The van der Waals surface area contributed by atoms with Gasteiger partial charge in [0.1, 0.15) is 0 Å². The molecule has 244 valence electrons. The number of piperidine rings is 1.